The van der Waals surface area contributed by atoms with Crippen LogP contribution in [0.4, 0.5) is 0 Å². The van der Waals surface area contributed by atoms with Gasteiger partial charge in [-0.05, 0) is 67.8 Å². The van der Waals surface area contributed by atoms with E-state index in [1.807, 2.05) is 31.5 Å². The number of hydrogen-bond acceptors (Lipinski definition) is 4. The molecular weight excluding hydrogens is 394 g/mol. The lowest BCUT2D eigenvalue weighted by Gasteiger charge is -2.18. The van der Waals surface area contributed by atoms with E-state index in [2.05, 4.69) is 47.6 Å². The topological polar surface area (TPSA) is 72.0 Å². The van der Waals surface area contributed by atoms with E-state index >= 15 is 0 Å². The fraction of sp³-hybridized carbons (Fsp3) is 0.333. The lowest BCUT2D eigenvalue weighted by atomic mass is 9.90. The summed E-state index contributed by atoms with van der Waals surface area (Å²) in [5, 5.41) is 0. The van der Waals surface area contributed by atoms with Crippen molar-refractivity contribution < 1.29 is 8.42 Å². The van der Waals surface area contributed by atoms with Gasteiger partial charge in [-0.3, -0.25) is 9.97 Å². The largest absolute Gasteiger partial charge is 0.263 e. The number of aromatic nitrogens is 2. The second-order valence-electron chi connectivity index (χ2n) is 8.89. The summed E-state index contributed by atoms with van der Waals surface area (Å²) < 4.78 is 27.6. The van der Waals surface area contributed by atoms with Crippen molar-refractivity contribution in [3.05, 3.63) is 66.2 Å². The molecule has 3 rings (SSSR count). The van der Waals surface area contributed by atoms with Crippen LogP contribution >= 0.6 is 0 Å². The van der Waals surface area contributed by atoms with E-state index in [-0.39, 0.29) is 16.4 Å². The van der Waals surface area contributed by atoms with Gasteiger partial charge in [0, 0.05) is 46.9 Å². The highest BCUT2D eigenvalue weighted by molar-refractivity contribution is 7.89. The molecule has 0 bridgehead atoms. The fourth-order valence-electron chi connectivity index (χ4n) is 3.27. The van der Waals surface area contributed by atoms with Crippen molar-refractivity contribution >= 4 is 10.0 Å². The van der Waals surface area contributed by atoms with Crippen LogP contribution in [0.5, 0.6) is 0 Å². The standard InChI is InChI=1S/C24H29N3O2S/c1-16(2)27-30(28,29)21-7-8-22(17(3)11-21)20-12-19(14-25-15-20)18-9-10-26-23(13-18)24(4,5)6/h7-16,27H,1-6H3. The van der Waals surface area contributed by atoms with Crippen molar-refractivity contribution in [1.82, 2.24) is 14.7 Å². The van der Waals surface area contributed by atoms with Crippen molar-refractivity contribution in [3.63, 3.8) is 0 Å². The van der Waals surface area contributed by atoms with Crippen molar-refractivity contribution in [2.75, 3.05) is 0 Å². The number of hydrogen-bond donors (Lipinski definition) is 1. The first-order valence-electron chi connectivity index (χ1n) is 10.0. The lowest BCUT2D eigenvalue weighted by Crippen LogP contribution is -2.30. The van der Waals surface area contributed by atoms with Crippen LogP contribution < -0.4 is 4.72 Å². The molecule has 2 aromatic heterocycles. The number of nitrogens with one attached hydrogen (secondary N) is 1. The Hall–Kier alpha value is -2.57. The normalized spacial score (nSPS) is 12.4. The molecule has 158 valence electrons. The molecule has 1 aromatic carbocycles. The monoisotopic (exact) mass is 423 g/mol. The molecule has 0 fully saturated rings. The molecule has 0 saturated heterocycles. The van der Waals surface area contributed by atoms with E-state index in [0.717, 1.165) is 33.5 Å². The van der Waals surface area contributed by atoms with Gasteiger partial charge in [0.2, 0.25) is 10.0 Å². The Morgan fingerprint density at radius 2 is 1.63 bits per heavy atom. The molecule has 0 spiro atoms. The molecule has 1 N–H and O–H groups in total. The highest BCUT2D eigenvalue weighted by Crippen LogP contribution is 2.30. The smallest absolute Gasteiger partial charge is 0.240 e. The molecule has 5 nitrogen and oxygen atoms in total. The molecule has 0 saturated carbocycles. The van der Waals surface area contributed by atoms with Gasteiger partial charge in [0.25, 0.3) is 0 Å². The van der Waals surface area contributed by atoms with Gasteiger partial charge >= 0.3 is 0 Å². The fourth-order valence-corrected chi connectivity index (χ4v) is 4.61. The molecule has 0 aliphatic heterocycles. The zero-order valence-corrected chi connectivity index (χ0v) is 19.2. The summed E-state index contributed by atoms with van der Waals surface area (Å²) in [5.74, 6) is 0. The lowest BCUT2D eigenvalue weighted by molar-refractivity contribution is 0.569. The van der Waals surface area contributed by atoms with Crippen molar-refractivity contribution in [3.8, 4) is 22.3 Å². The summed E-state index contributed by atoms with van der Waals surface area (Å²) in [6, 6.07) is 11.2. The summed E-state index contributed by atoms with van der Waals surface area (Å²) in [5.41, 5.74) is 5.82. The molecule has 0 unspecified atom stereocenters. The number of nitrogens with zero attached hydrogens (tertiary/aromatic N) is 2. The second-order valence-corrected chi connectivity index (χ2v) is 10.6. The predicted octanol–water partition coefficient (Wildman–Crippen LogP) is 5.10. The van der Waals surface area contributed by atoms with E-state index in [1.54, 1.807) is 32.2 Å². The van der Waals surface area contributed by atoms with Crippen LogP contribution in [0, 0.1) is 6.92 Å². The molecule has 0 radical (unpaired) electrons. The number of pyridine rings is 2. The van der Waals surface area contributed by atoms with Gasteiger partial charge in [-0.1, -0.05) is 26.8 Å². The Labute approximate surface area is 179 Å². The molecule has 0 aliphatic rings. The van der Waals surface area contributed by atoms with Gasteiger partial charge in [0.15, 0.2) is 0 Å². The minimum atomic E-state index is -3.52. The summed E-state index contributed by atoms with van der Waals surface area (Å²) in [6.45, 7) is 11.9. The predicted molar refractivity (Wildman–Crippen MR) is 122 cm³/mol. The maximum absolute atomic E-state index is 12.5. The summed E-state index contributed by atoms with van der Waals surface area (Å²) >= 11 is 0. The maximum Gasteiger partial charge on any atom is 0.240 e. The van der Waals surface area contributed by atoms with Gasteiger partial charge in [-0.25, -0.2) is 13.1 Å². The average Bonchev–Trinajstić information content (AvgIpc) is 2.66. The molecular formula is C24H29N3O2S. The first kappa shape index (κ1) is 22.1. The van der Waals surface area contributed by atoms with Crippen molar-refractivity contribution in [2.24, 2.45) is 0 Å². The number of aryl methyl sites for hydroxylation is 1. The van der Waals surface area contributed by atoms with Crippen LogP contribution in [-0.4, -0.2) is 24.4 Å². The van der Waals surface area contributed by atoms with Crippen molar-refractivity contribution in [2.45, 2.75) is 57.9 Å². The molecule has 3 aromatic rings. The molecule has 0 aliphatic carbocycles. The highest BCUT2D eigenvalue weighted by atomic mass is 32.2. The molecule has 0 amide bonds. The number of benzene rings is 1. The van der Waals surface area contributed by atoms with Gasteiger partial charge in [0.1, 0.15) is 0 Å². The third-order valence-corrected chi connectivity index (χ3v) is 6.47. The Balaban J connectivity index is 1.99. The van der Waals surface area contributed by atoms with E-state index < -0.39 is 10.0 Å². The van der Waals surface area contributed by atoms with Crippen LogP contribution in [0.25, 0.3) is 22.3 Å². The Bertz CT molecular complexity index is 1160. The third kappa shape index (κ3) is 4.94. The van der Waals surface area contributed by atoms with Gasteiger partial charge in [-0.2, -0.15) is 0 Å². The molecule has 2 heterocycles. The van der Waals surface area contributed by atoms with Crippen LogP contribution in [0.3, 0.4) is 0 Å². The molecule has 6 heteroatoms. The van der Waals surface area contributed by atoms with Gasteiger partial charge in [-0.15, -0.1) is 0 Å². The van der Waals surface area contributed by atoms with Crippen LogP contribution in [-0.2, 0) is 15.4 Å². The van der Waals surface area contributed by atoms with Crippen molar-refractivity contribution in [1.29, 1.82) is 0 Å². The maximum atomic E-state index is 12.5. The molecule has 0 atom stereocenters. The number of rotatable bonds is 5. The highest BCUT2D eigenvalue weighted by Gasteiger charge is 2.18. The van der Waals surface area contributed by atoms with Crippen LogP contribution in [0.15, 0.2) is 59.9 Å². The van der Waals surface area contributed by atoms with Crippen LogP contribution in [0.2, 0.25) is 0 Å². The summed E-state index contributed by atoms with van der Waals surface area (Å²) in [6.07, 6.45) is 5.47. The summed E-state index contributed by atoms with van der Waals surface area (Å²) in [7, 11) is -3.52. The zero-order valence-electron chi connectivity index (χ0n) is 18.4. The Kier molecular flexibility index (Phi) is 6.11. The van der Waals surface area contributed by atoms with E-state index in [0.29, 0.717) is 0 Å². The second kappa shape index (κ2) is 8.28. The van der Waals surface area contributed by atoms with E-state index in [1.165, 1.54) is 0 Å². The Morgan fingerprint density at radius 3 is 2.27 bits per heavy atom. The summed E-state index contributed by atoms with van der Waals surface area (Å²) in [4.78, 5) is 9.20. The molecule has 30 heavy (non-hydrogen) atoms. The minimum absolute atomic E-state index is 0.0387. The average molecular weight is 424 g/mol. The van der Waals surface area contributed by atoms with E-state index in [9.17, 15) is 8.42 Å². The first-order chi connectivity index (χ1) is 14.0. The zero-order chi connectivity index (χ0) is 22.1. The first-order valence-corrected chi connectivity index (χ1v) is 11.5. The van der Waals surface area contributed by atoms with E-state index in [4.69, 9.17) is 0 Å². The Morgan fingerprint density at radius 1 is 0.933 bits per heavy atom. The van der Waals surface area contributed by atoms with Crippen LogP contribution in [0.1, 0.15) is 45.9 Å². The number of sulfonamides is 1. The van der Waals surface area contributed by atoms with Gasteiger partial charge in [0.05, 0.1) is 4.90 Å². The SMILES string of the molecule is Cc1cc(S(=O)(=O)NC(C)C)ccc1-c1cncc(-c2ccnc(C(C)(C)C)c2)c1. The minimum Gasteiger partial charge on any atom is -0.263 e. The van der Waals surface area contributed by atoms with Gasteiger partial charge < -0.3 is 0 Å². The third-order valence-electron chi connectivity index (χ3n) is 4.81. The quantitative estimate of drug-likeness (QED) is 0.619.